The number of nitriles is 1. The summed E-state index contributed by atoms with van der Waals surface area (Å²) in [5.74, 6) is -0.208. The van der Waals surface area contributed by atoms with Gasteiger partial charge in [0.15, 0.2) is 6.29 Å². The Bertz CT molecular complexity index is 104. The molecule has 1 atom stereocenters. The molecule has 0 aromatic carbocycles. The molecular formula is C6H11NO2. The summed E-state index contributed by atoms with van der Waals surface area (Å²) in [6.45, 7) is 1.75. The molecule has 1 unspecified atom stereocenters. The summed E-state index contributed by atoms with van der Waals surface area (Å²) in [4.78, 5) is 0. The van der Waals surface area contributed by atoms with Gasteiger partial charge in [-0.1, -0.05) is 0 Å². The fourth-order valence-electron chi connectivity index (χ4n) is 0.565. The molecule has 0 saturated heterocycles. The lowest BCUT2D eigenvalue weighted by Gasteiger charge is -2.13. The first-order chi connectivity index (χ1) is 4.26. The number of methoxy groups -OCH3 is 2. The van der Waals surface area contributed by atoms with Crippen molar-refractivity contribution in [2.45, 2.75) is 13.2 Å². The van der Waals surface area contributed by atoms with E-state index in [4.69, 9.17) is 14.7 Å². The van der Waals surface area contributed by atoms with Crippen molar-refractivity contribution in [3.8, 4) is 6.07 Å². The molecule has 0 rings (SSSR count). The maximum absolute atomic E-state index is 8.36. The molecule has 52 valence electrons. The first-order valence-corrected chi connectivity index (χ1v) is 2.71. The molecule has 0 radical (unpaired) electrons. The minimum Gasteiger partial charge on any atom is -0.355 e. The van der Waals surface area contributed by atoms with Crippen LogP contribution in [0.15, 0.2) is 0 Å². The molecule has 0 fully saturated rings. The van der Waals surface area contributed by atoms with Gasteiger partial charge < -0.3 is 9.47 Å². The molecule has 0 bridgehead atoms. The Labute approximate surface area is 55.2 Å². The van der Waals surface area contributed by atoms with Crippen molar-refractivity contribution in [1.29, 1.82) is 5.26 Å². The molecule has 0 aliphatic rings. The van der Waals surface area contributed by atoms with E-state index in [1.807, 2.05) is 6.07 Å². The van der Waals surface area contributed by atoms with Gasteiger partial charge in [0.2, 0.25) is 0 Å². The average Bonchev–Trinajstić information content (AvgIpc) is 1.90. The summed E-state index contributed by atoms with van der Waals surface area (Å²) < 4.78 is 9.61. The van der Waals surface area contributed by atoms with Gasteiger partial charge in [0.05, 0.1) is 12.0 Å². The first-order valence-electron chi connectivity index (χ1n) is 2.71. The second-order valence-electron chi connectivity index (χ2n) is 1.76. The topological polar surface area (TPSA) is 42.2 Å². The maximum atomic E-state index is 8.36. The predicted molar refractivity (Wildman–Crippen MR) is 32.6 cm³/mol. The van der Waals surface area contributed by atoms with Gasteiger partial charge in [-0.25, -0.2) is 0 Å². The molecule has 9 heavy (non-hydrogen) atoms. The minimum atomic E-state index is -0.394. The van der Waals surface area contributed by atoms with Gasteiger partial charge in [-0.05, 0) is 6.92 Å². The number of rotatable bonds is 3. The highest BCUT2D eigenvalue weighted by Gasteiger charge is 2.13. The SMILES string of the molecule is COC(OC)C(C)C#N. The van der Waals surface area contributed by atoms with Crippen LogP contribution in [-0.4, -0.2) is 20.5 Å². The molecule has 0 aromatic heterocycles. The lowest BCUT2D eigenvalue weighted by atomic mass is 10.2. The van der Waals surface area contributed by atoms with E-state index in [1.165, 1.54) is 14.2 Å². The van der Waals surface area contributed by atoms with Crippen molar-refractivity contribution >= 4 is 0 Å². The molecule has 3 nitrogen and oxygen atoms in total. The second-order valence-corrected chi connectivity index (χ2v) is 1.76. The molecule has 0 aromatic rings. The standard InChI is InChI=1S/C6H11NO2/c1-5(4-7)6(8-2)9-3/h5-6H,1-3H3. The van der Waals surface area contributed by atoms with Gasteiger partial charge in [-0.2, -0.15) is 5.26 Å². The highest BCUT2D eigenvalue weighted by atomic mass is 16.7. The zero-order valence-corrected chi connectivity index (χ0v) is 5.92. The van der Waals surface area contributed by atoms with E-state index in [9.17, 15) is 0 Å². The summed E-state index contributed by atoms with van der Waals surface area (Å²) in [6, 6.07) is 2.02. The molecule has 0 spiro atoms. The number of nitrogens with zero attached hydrogens (tertiary/aromatic N) is 1. The number of hydrogen-bond acceptors (Lipinski definition) is 3. The van der Waals surface area contributed by atoms with Crippen LogP contribution in [0, 0.1) is 17.2 Å². The van der Waals surface area contributed by atoms with Crippen LogP contribution in [0.5, 0.6) is 0 Å². The van der Waals surface area contributed by atoms with Crippen molar-refractivity contribution in [1.82, 2.24) is 0 Å². The summed E-state index contributed by atoms with van der Waals surface area (Å²) in [5.41, 5.74) is 0. The first kappa shape index (κ1) is 8.41. The van der Waals surface area contributed by atoms with Crippen molar-refractivity contribution in [3.63, 3.8) is 0 Å². The Morgan fingerprint density at radius 2 is 1.78 bits per heavy atom. The number of ether oxygens (including phenoxy) is 2. The van der Waals surface area contributed by atoms with E-state index in [0.29, 0.717) is 0 Å². The monoisotopic (exact) mass is 129 g/mol. The van der Waals surface area contributed by atoms with Gasteiger partial charge in [-0.15, -0.1) is 0 Å². The summed E-state index contributed by atoms with van der Waals surface area (Å²) in [5, 5.41) is 8.36. The van der Waals surface area contributed by atoms with E-state index in [2.05, 4.69) is 0 Å². The van der Waals surface area contributed by atoms with Crippen LogP contribution in [0.2, 0.25) is 0 Å². The predicted octanol–water partition coefficient (Wildman–Crippen LogP) is 0.765. The van der Waals surface area contributed by atoms with Gasteiger partial charge in [0.25, 0.3) is 0 Å². The van der Waals surface area contributed by atoms with Gasteiger partial charge in [-0.3, -0.25) is 0 Å². The molecule has 0 N–H and O–H groups in total. The van der Waals surface area contributed by atoms with Crippen LogP contribution in [-0.2, 0) is 9.47 Å². The Hall–Kier alpha value is -0.590. The van der Waals surface area contributed by atoms with Crippen molar-refractivity contribution < 1.29 is 9.47 Å². The zero-order chi connectivity index (χ0) is 7.28. The van der Waals surface area contributed by atoms with Gasteiger partial charge in [0, 0.05) is 14.2 Å². The Kier molecular flexibility index (Phi) is 4.02. The fraction of sp³-hybridized carbons (Fsp3) is 0.833. The Morgan fingerprint density at radius 3 is 1.89 bits per heavy atom. The van der Waals surface area contributed by atoms with Crippen molar-refractivity contribution in [2.75, 3.05) is 14.2 Å². The normalized spacial score (nSPS) is 13.2. The third-order valence-corrected chi connectivity index (χ3v) is 1.08. The largest absolute Gasteiger partial charge is 0.355 e. The van der Waals surface area contributed by atoms with Crippen LogP contribution >= 0.6 is 0 Å². The van der Waals surface area contributed by atoms with Crippen LogP contribution in [0.1, 0.15) is 6.92 Å². The highest BCUT2D eigenvalue weighted by Crippen LogP contribution is 2.04. The second kappa shape index (κ2) is 4.30. The smallest absolute Gasteiger partial charge is 0.172 e. The summed E-state index contributed by atoms with van der Waals surface area (Å²) in [6.07, 6.45) is -0.394. The third-order valence-electron chi connectivity index (χ3n) is 1.08. The van der Waals surface area contributed by atoms with E-state index < -0.39 is 6.29 Å². The summed E-state index contributed by atoms with van der Waals surface area (Å²) >= 11 is 0. The lowest BCUT2D eigenvalue weighted by Crippen LogP contribution is -2.20. The number of hydrogen-bond donors (Lipinski definition) is 0. The van der Waals surface area contributed by atoms with E-state index >= 15 is 0 Å². The van der Waals surface area contributed by atoms with Gasteiger partial charge >= 0.3 is 0 Å². The zero-order valence-electron chi connectivity index (χ0n) is 5.92. The van der Waals surface area contributed by atoms with Crippen molar-refractivity contribution in [2.24, 2.45) is 5.92 Å². The molecule has 0 aliphatic carbocycles. The van der Waals surface area contributed by atoms with Crippen molar-refractivity contribution in [3.05, 3.63) is 0 Å². The summed E-state index contributed by atoms with van der Waals surface area (Å²) in [7, 11) is 3.03. The molecule has 0 aliphatic heterocycles. The van der Waals surface area contributed by atoms with E-state index in [-0.39, 0.29) is 5.92 Å². The third kappa shape index (κ3) is 2.45. The average molecular weight is 129 g/mol. The maximum Gasteiger partial charge on any atom is 0.172 e. The van der Waals surface area contributed by atoms with Crippen LogP contribution in [0.4, 0.5) is 0 Å². The molecule has 0 heterocycles. The Morgan fingerprint density at radius 1 is 1.33 bits per heavy atom. The van der Waals surface area contributed by atoms with E-state index in [0.717, 1.165) is 0 Å². The fourth-order valence-corrected chi connectivity index (χ4v) is 0.565. The molecular weight excluding hydrogens is 118 g/mol. The van der Waals surface area contributed by atoms with Crippen LogP contribution in [0.25, 0.3) is 0 Å². The lowest BCUT2D eigenvalue weighted by molar-refractivity contribution is -0.121. The van der Waals surface area contributed by atoms with E-state index in [1.54, 1.807) is 6.92 Å². The minimum absolute atomic E-state index is 0.208. The van der Waals surface area contributed by atoms with Crippen LogP contribution in [0.3, 0.4) is 0 Å². The highest BCUT2D eigenvalue weighted by molar-refractivity contribution is 4.80. The molecule has 3 heteroatoms. The molecule has 0 saturated carbocycles. The van der Waals surface area contributed by atoms with Gasteiger partial charge in [0.1, 0.15) is 0 Å². The quantitative estimate of drug-likeness (QED) is 0.528. The molecule has 0 amide bonds. The Balaban J connectivity index is 3.67. The van der Waals surface area contributed by atoms with Crippen LogP contribution < -0.4 is 0 Å².